The second-order valence-electron chi connectivity index (χ2n) is 10.3. The lowest BCUT2D eigenvalue weighted by molar-refractivity contribution is 0.282. The summed E-state index contributed by atoms with van der Waals surface area (Å²) in [6.07, 6.45) is 1.62. The first-order valence-electron chi connectivity index (χ1n) is 13.7. The molecular formula is C34H31Br2N3O4. The Bertz CT molecular complexity index is 1880. The van der Waals surface area contributed by atoms with E-state index in [9.17, 15) is 4.79 Å². The maximum absolute atomic E-state index is 13.8. The van der Waals surface area contributed by atoms with E-state index in [0.717, 1.165) is 32.5 Å². The summed E-state index contributed by atoms with van der Waals surface area (Å²) in [6.45, 7) is 6.56. The third-order valence-electron chi connectivity index (χ3n) is 7.06. The standard InChI is InChI=1S/C34H31Br2N3O4/c1-20(2)26-17-27(21(3)14-30(26)41-4)33-38-29-9-7-6-8-25(29)34(40)39(33)37-18-23-15-28(36)32(31(16-23)42-5)43-19-22-10-12-24(35)13-11-22/h6-18,20H,19H2,1-5H3. The zero-order chi connectivity index (χ0) is 30.7. The Morgan fingerprint density at radius 3 is 2.37 bits per heavy atom. The molecule has 0 radical (unpaired) electrons. The predicted octanol–water partition coefficient (Wildman–Crippen LogP) is 8.50. The van der Waals surface area contributed by atoms with Crippen LogP contribution in [0.1, 0.15) is 42.0 Å². The van der Waals surface area contributed by atoms with E-state index < -0.39 is 0 Å². The van der Waals surface area contributed by atoms with Gasteiger partial charge in [0, 0.05) is 10.0 Å². The highest BCUT2D eigenvalue weighted by Gasteiger charge is 2.19. The van der Waals surface area contributed by atoms with E-state index in [1.807, 2.05) is 73.7 Å². The molecule has 0 amide bonds. The van der Waals surface area contributed by atoms with Crippen LogP contribution in [-0.2, 0) is 6.61 Å². The number of halogens is 2. The molecule has 0 fully saturated rings. The monoisotopic (exact) mass is 703 g/mol. The van der Waals surface area contributed by atoms with Gasteiger partial charge in [-0.05, 0) is 99.6 Å². The topological polar surface area (TPSA) is 74.9 Å². The molecule has 0 spiro atoms. The van der Waals surface area contributed by atoms with E-state index in [-0.39, 0.29) is 11.5 Å². The Balaban J connectivity index is 1.58. The van der Waals surface area contributed by atoms with Gasteiger partial charge < -0.3 is 14.2 Å². The molecule has 0 aliphatic heterocycles. The molecule has 0 aliphatic carbocycles. The molecule has 0 bridgehead atoms. The number of nitrogens with zero attached hydrogens (tertiary/aromatic N) is 3. The molecule has 9 heteroatoms. The Morgan fingerprint density at radius 2 is 1.67 bits per heavy atom. The van der Waals surface area contributed by atoms with Gasteiger partial charge in [-0.15, -0.1) is 0 Å². The third kappa shape index (κ3) is 6.53. The van der Waals surface area contributed by atoms with E-state index >= 15 is 0 Å². The highest BCUT2D eigenvalue weighted by Crippen LogP contribution is 2.37. The van der Waals surface area contributed by atoms with Gasteiger partial charge in [-0.3, -0.25) is 4.79 Å². The van der Waals surface area contributed by atoms with Gasteiger partial charge in [0.15, 0.2) is 17.3 Å². The van der Waals surface area contributed by atoms with E-state index in [1.54, 1.807) is 26.5 Å². The summed E-state index contributed by atoms with van der Waals surface area (Å²) in [5.74, 6) is 2.55. The van der Waals surface area contributed by atoms with Crippen LogP contribution in [0.25, 0.3) is 22.3 Å². The van der Waals surface area contributed by atoms with Crippen molar-refractivity contribution in [3.05, 3.63) is 114 Å². The summed E-state index contributed by atoms with van der Waals surface area (Å²) in [4.78, 5) is 18.7. The average molecular weight is 705 g/mol. The minimum atomic E-state index is -0.265. The van der Waals surface area contributed by atoms with Gasteiger partial charge in [0.05, 0.1) is 35.8 Å². The van der Waals surface area contributed by atoms with Crippen molar-refractivity contribution in [1.82, 2.24) is 9.66 Å². The number of fused-ring (bicyclic) bond motifs is 1. The zero-order valence-electron chi connectivity index (χ0n) is 24.5. The van der Waals surface area contributed by atoms with Crippen LogP contribution in [-0.4, -0.2) is 30.1 Å². The van der Waals surface area contributed by atoms with Crippen LogP contribution in [0.5, 0.6) is 17.2 Å². The first-order chi connectivity index (χ1) is 20.7. The number of rotatable bonds is 9. The van der Waals surface area contributed by atoms with Crippen molar-refractivity contribution in [2.24, 2.45) is 5.10 Å². The smallest absolute Gasteiger partial charge is 0.282 e. The number of aryl methyl sites for hydroxylation is 1. The van der Waals surface area contributed by atoms with Crippen LogP contribution in [0.3, 0.4) is 0 Å². The number of hydrogen-bond acceptors (Lipinski definition) is 6. The van der Waals surface area contributed by atoms with Gasteiger partial charge in [0.25, 0.3) is 5.56 Å². The molecule has 4 aromatic carbocycles. The minimum Gasteiger partial charge on any atom is -0.496 e. The second kappa shape index (κ2) is 13.1. The largest absolute Gasteiger partial charge is 0.496 e. The molecule has 0 saturated carbocycles. The van der Waals surface area contributed by atoms with Crippen LogP contribution in [0.2, 0.25) is 0 Å². The molecule has 7 nitrogen and oxygen atoms in total. The lowest BCUT2D eigenvalue weighted by Crippen LogP contribution is -2.20. The number of benzene rings is 4. The van der Waals surface area contributed by atoms with Crippen molar-refractivity contribution < 1.29 is 14.2 Å². The van der Waals surface area contributed by atoms with E-state index in [4.69, 9.17) is 19.2 Å². The summed E-state index contributed by atoms with van der Waals surface area (Å²) in [6, 6.07) is 22.9. The van der Waals surface area contributed by atoms with Crippen molar-refractivity contribution in [3.8, 4) is 28.6 Å². The molecule has 0 atom stereocenters. The number of hydrogen-bond donors (Lipinski definition) is 0. The van der Waals surface area contributed by atoms with E-state index in [1.165, 1.54) is 4.68 Å². The van der Waals surface area contributed by atoms with Crippen LogP contribution < -0.4 is 19.8 Å². The fourth-order valence-electron chi connectivity index (χ4n) is 4.79. The Labute approximate surface area is 267 Å². The van der Waals surface area contributed by atoms with Gasteiger partial charge in [-0.25, -0.2) is 4.98 Å². The third-order valence-corrected chi connectivity index (χ3v) is 8.18. The predicted molar refractivity (Wildman–Crippen MR) is 179 cm³/mol. The van der Waals surface area contributed by atoms with Crippen molar-refractivity contribution >= 4 is 49.0 Å². The number of methoxy groups -OCH3 is 2. The Morgan fingerprint density at radius 1 is 0.953 bits per heavy atom. The molecule has 1 aromatic heterocycles. The zero-order valence-corrected chi connectivity index (χ0v) is 27.7. The summed E-state index contributed by atoms with van der Waals surface area (Å²) < 4.78 is 20.5. The summed E-state index contributed by atoms with van der Waals surface area (Å²) in [5, 5.41) is 5.15. The lowest BCUT2D eigenvalue weighted by atomic mass is 9.96. The number of aromatic nitrogens is 2. The summed E-state index contributed by atoms with van der Waals surface area (Å²) in [5.41, 5.74) is 4.82. The van der Waals surface area contributed by atoms with Crippen LogP contribution in [0.15, 0.2) is 91.6 Å². The van der Waals surface area contributed by atoms with Crippen LogP contribution >= 0.6 is 31.9 Å². The number of ether oxygens (including phenoxy) is 3. The van der Waals surface area contributed by atoms with Crippen molar-refractivity contribution in [2.75, 3.05) is 14.2 Å². The van der Waals surface area contributed by atoms with Gasteiger partial charge >= 0.3 is 0 Å². The van der Waals surface area contributed by atoms with Gasteiger partial charge in [0.1, 0.15) is 12.4 Å². The second-order valence-corrected chi connectivity index (χ2v) is 12.1. The fraction of sp³-hybridized carbons (Fsp3) is 0.206. The molecule has 0 unspecified atom stereocenters. The minimum absolute atomic E-state index is 0.202. The molecule has 43 heavy (non-hydrogen) atoms. The number of para-hydroxylation sites is 1. The molecular weight excluding hydrogens is 674 g/mol. The van der Waals surface area contributed by atoms with Gasteiger partial charge in [-0.1, -0.05) is 54.0 Å². The quantitative estimate of drug-likeness (QED) is 0.144. The SMILES string of the molecule is COc1cc(C)c(-c2nc3ccccc3c(=O)n2N=Cc2cc(Br)c(OCc3ccc(Br)cc3)c(OC)c2)cc1C(C)C. The van der Waals surface area contributed by atoms with Crippen LogP contribution in [0, 0.1) is 6.92 Å². The highest BCUT2D eigenvalue weighted by atomic mass is 79.9. The maximum Gasteiger partial charge on any atom is 0.282 e. The normalized spacial score (nSPS) is 11.4. The highest BCUT2D eigenvalue weighted by molar-refractivity contribution is 9.10. The first-order valence-corrected chi connectivity index (χ1v) is 15.3. The van der Waals surface area contributed by atoms with E-state index in [0.29, 0.717) is 44.9 Å². The molecule has 5 rings (SSSR count). The maximum atomic E-state index is 13.8. The van der Waals surface area contributed by atoms with Crippen molar-refractivity contribution in [1.29, 1.82) is 0 Å². The molecule has 220 valence electrons. The van der Waals surface area contributed by atoms with Gasteiger partial charge in [0.2, 0.25) is 0 Å². The van der Waals surface area contributed by atoms with Crippen molar-refractivity contribution in [3.63, 3.8) is 0 Å². The summed E-state index contributed by atoms with van der Waals surface area (Å²) in [7, 11) is 3.25. The molecule has 5 aromatic rings. The molecule has 0 N–H and O–H groups in total. The molecule has 1 heterocycles. The van der Waals surface area contributed by atoms with E-state index in [2.05, 4.69) is 50.8 Å². The Hall–Kier alpha value is -3.95. The van der Waals surface area contributed by atoms with Crippen LogP contribution in [0.4, 0.5) is 0 Å². The summed E-state index contributed by atoms with van der Waals surface area (Å²) >= 11 is 7.08. The lowest BCUT2D eigenvalue weighted by Gasteiger charge is -2.17. The average Bonchev–Trinajstić information content (AvgIpc) is 3.00. The fourth-order valence-corrected chi connectivity index (χ4v) is 5.63. The van der Waals surface area contributed by atoms with Gasteiger partial charge in [-0.2, -0.15) is 9.78 Å². The Kier molecular flexibility index (Phi) is 9.32. The molecule has 0 saturated heterocycles. The van der Waals surface area contributed by atoms with Crippen molar-refractivity contribution in [2.45, 2.75) is 33.3 Å². The molecule has 0 aliphatic rings. The first kappa shape index (κ1) is 30.5.